The summed E-state index contributed by atoms with van der Waals surface area (Å²) in [5.74, 6) is -0.242. The van der Waals surface area contributed by atoms with Gasteiger partial charge in [0.05, 0.1) is 0 Å². The lowest BCUT2D eigenvalue weighted by molar-refractivity contribution is 0.628. The normalized spacial score (nSPS) is 10.1. The summed E-state index contributed by atoms with van der Waals surface area (Å²) < 4.78 is 12.9. The lowest BCUT2D eigenvalue weighted by Crippen LogP contribution is -1.84. The number of benzene rings is 1. The third kappa shape index (κ3) is 1.79. The molecule has 2 rings (SSSR count). The van der Waals surface area contributed by atoms with E-state index in [1.807, 2.05) is 19.1 Å². The van der Waals surface area contributed by atoms with Crippen LogP contribution in [0.15, 0.2) is 36.5 Å². The van der Waals surface area contributed by atoms with Crippen LogP contribution in [0.2, 0.25) is 0 Å². The minimum atomic E-state index is -0.242. The summed E-state index contributed by atoms with van der Waals surface area (Å²) in [5, 5.41) is 0. The fourth-order valence-electron chi connectivity index (χ4n) is 1.32. The number of nitrogens with zero attached hydrogens (tertiary/aromatic N) is 1. The van der Waals surface area contributed by atoms with Crippen LogP contribution in [-0.2, 0) is 0 Å². The molecule has 1 nitrogen and oxygen atoms in total. The molecule has 14 heavy (non-hydrogen) atoms. The van der Waals surface area contributed by atoms with Crippen molar-refractivity contribution >= 4 is 0 Å². The summed E-state index contributed by atoms with van der Waals surface area (Å²) in [4.78, 5) is 4.08. The van der Waals surface area contributed by atoms with E-state index in [9.17, 15) is 4.39 Å². The van der Waals surface area contributed by atoms with E-state index in [-0.39, 0.29) is 5.82 Å². The molecule has 2 aromatic rings. The highest BCUT2D eigenvalue weighted by Gasteiger charge is 1.99. The van der Waals surface area contributed by atoms with Gasteiger partial charge in [0.15, 0.2) is 0 Å². The van der Waals surface area contributed by atoms with Gasteiger partial charge in [-0.25, -0.2) is 4.39 Å². The second-order valence-corrected chi connectivity index (χ2v) is 3.11. The van der Waals surface area contributed by atoms with Crippen molar-refractivity contribution in [3.63, 3.8) is 0 Å². The highest BCUT2D eigenvalue weighted by atomic mass is 19.1. The van der Waals surface area contributed by atoms with Gasteiger partial charge in [0.2, 0.25) is 0 Å². The first-order valence-corrected chi connectivity index (χ1v) is 4.36. The number of hydrogen-bond donors (Lipinski definition) is 0. The molecule has 0 bridgehead atoms. The van der Waals surface area contributed by atoms with Crippen molar-refractivity contribution in [1.29, 1.82) is 0 Å². The molecule has 0 atom stereocenters. The van der Waals surface area contributed by atoms with E-state index in [1.54, 1.807) is 12.3 Å². The first-order chi connectivity index (χ1) is 6.75. The highest BCUT2D eigenvalue weighted by molar-refractivity contribution is 5.62. The van der Waals surface area contributed by atoms with Crippen LogP contribution in [0.5, 0.6) is 0 Å². The summed E-state index contributed by atoms with van der Waals surface area (Å²) in [6.07, 6.45) is 1.71. The van der Waals surface area contributed by atoms with Gasteiger partial charge in [-0.15, -0.1) is 0 Å². The Hall–Kier alpha value is -1.70. The third-order valence-corrected chi connectivity index (χ3v) is 1.97. The fraction of sp³-hybridized carbons (Fsp3) is 0.0833. The van der Waals surface area contributed by atoms with Crippen molar-refractivity contribution in [1.82, 2.24) is 4.98 Å². The van der Waals surface area contributed by atoms with Crippen LogP contribution in [0.3, 0.4) is 0 Å². The van der Waals surface area contributed by atoms with Gasteiger partial charge < -0.3 is 0 Å². The van der Waals surface area contributed by atoms with Gasteiger partial charge in [0.25, 0.3) is 0 Å². The summed E-state index contributed by atoms with van der Waals surface area (Å²) in [7, 11) is 0. The van der Waals surface area contributed by atoms with E-state index in [4.69, 9.17) is 0 Å². The van der Waals surface area contributed by atoms with Crippen molar-refractivity contribution in [2.45, 2.75) is 6.92 Å². The second-order valence-electron chi connectivity index (χ2n) is 3.11. The average Bonchev–Trinajstić information content (AvgIpc) is 2.18. The molecule has 0 aliphatic rings. The molecule has 1 heterocycles. The minimum Gasteiger partial charge on any atom is -0.262 e. The Balaban J connectivity index is 2.49. The Labute approximate surface area is 82.2 Å². The van der Waals surface area contributed by atoms with E-state index in [1.165, 1.54) is 12.1 Å². The number of aryl methyl sites for hydroxylation is 1. The maximum Gasteiger partial charge on any atom is 0.123 e. The third-order valence-electron chi connectivity index (χ3n) is 1.97. The smallest absolute Gasteiger partial charge is 0.123 e. The van der Waals surface area contributed by atoms with Gasteiger partial charge in [0, 0.05) is 11.9 Å². The Morgan fingerprint density at radius 1 is 1.29 bits per heavy atom. The van der Waals surface area contributed by atoms with Crippen LogP contribution in [0, 0.1) is 18.8 Å². The van der Waals surface area contributed by atoms with Crippen LogP contribution in [0.25, 0.3) is 11.1 Å². The van der Waals surface area contributed by atoms with Crippen molar-refractivity contribution in [3.05, 3.63) is 54.1 Å². The average molecular weight is 186 g/mol. The molecule has 0 fully saturated rings. The zero-order chi connectivity index (χ0) is 9.97. The SMILES string of the molecule is Cc1cc(-c2[c]ccc(F)c2)ccn1. The first-order valence-electron chi connectivity index (χ1n) is 4.36. The molecule has 0 saturated carbocycles. The minimum absolute atomic E-state index is 0.242. The number of aromatic nitrogens is 1. The largest absolute Gasteiger partial charge is 0.262 e. The number of hydrogen-bond acceptors (Lipinski definition) is 1. The molecule has 0 amide bonds. The van der Waals surface area contributed by atoms with Crippen molar-refractivity contribution in [3.8, 4) is 11.1 Å². The van der Waals surface area contributed by atoms with Gasteiger partial charge in [-0.05, 0) is 48.4 Å². The number of halogens is 1. The molecule has 2 heteroatoms. The predicted molar refractivity (Wildman–Crippen MR) is 53.2 cm³/mol. The molecule has 0 unspecified atom stereocenters. The van der Waals surface area contributed by atoms with E-state index in [0.29, 0.717) is 0 Å². The fourth-order valence-corrected chi connectivity index (χ4v) is 1.32. The van der Waals surface area contributed by atoms with Gasteiger partial charge in [-0.3, -0.25) is 4.98 Å². The second kappa shape index (κ2) is 3.58. The van der Waals surface area contributed by atoms with Crippen LogP contribution >= 0.6 is 0 Å². The lowest BCUT2D eigenvalue weighted by atomic mass is 10.1. The van der Waals surface area contributed by atoms with Crippen LogP contribution < -0.4 is 0 Å². The Morgan fingerprint density at radius 2 is 2.14 bits per heavy atom. The zero-order valence-corrected chi connectivity index (χ0v) is 7.79. The Morgan fingerprint density at radius 3 is 2.86 bits per heavy atom. The highest BCUT2D eigenvalue weighted by Crippen LogP contribution is 2.19. The molecule has 0 aliphatic heterocycles. The summed E-state index contributed by atoms with van der Waals surface area (Å²) in [6, 6.07) is 11.2. The molecule has 1 aromatic carbocycles. The Bertz CT molecular complexity index is 408. The van der Waals surface area contributed by atoms with Crippen LogP contribution in [-0.4, -0.2) is 4.98 Å². The van der Waals surface area contributed by atoms with Crippen LogP contribution in [0.4, 0.5) is 4.39 Å². The number of pyridine rings is 1. The number of rotatable bonds is 1. The van der Waals surface area contributed by atoms with Gasteiger partial charge in [-0.2, -0.15) is 0 Å². The maximum absolute atomic E-state index is 12.9. The summed E-state index contributed by atoms with van der Waals surface area (Å²) >= 11 is 0. The standard InChI is InChI=1S/C12H9FN/c1-9-7-11(5-6-14-9)10-3-2-4-12(13)8-10/h2,4-8H,1H3. The monoisotopic (exact) mass is 186 g/mol. The van der Waals surface area contributed by atoms with Crippen molar-refractivity contribution < 1.29 is 4.39 Å². The predicted octanol–water partition coefficient (Wildman–Crippen LogP) is 3.00. The quantitative estimate of drug-likeness (QED) is 0.667. The lowest BCUT2D eigenvalue weighted by Gasteiger charge is -2.01. The Kier molecular flexibility index (Phi) is 2.27. The van der Waals surface area contributed by atoms with E-state index in [2.05, 4.69) is 11.1 Å². The van der Waals surface area contributed by atoms with Crippen molar-refractivity contribution in [2.24, 2.45) is 0 Å². The maximum atomic E-state index is 12.9. The van der Waals surface area contributed by atoms with Gasteiger partial charge in [-0.1, -0.05) is 6.07 Å². The topological polar surface area (TPSA) is 12.9 Å². The van der Waals surface area contributed by atoms with E-state index < -0.39 is 0 Å². The molecule has 0 aliphatic carbocycles. The van der Waals surface area contributed by atoms with Gasteiger partial charge in [0.1, 0.15) is 5.82 Å². The molecule has 1 radical (unpaired) electrons. The molecule has 1 aromatic heterocycles. The van der Waals surface area contributed by atoms with Gasteiger partial charge >= 0.3 is 0 Å². The molecule has 69 valence electrons. The molecular weight excluding hydrogens is 177 g/mol. The molecule has 0 saturated heterocycles. The summed E-state index contributed by atoms with van der Waals surface area (Å²) in [6.45, 7) is 1.91. The molecule has 0 spiro atoms. The van der Waals surface area contributed by atoms with E-state index >= 15 is 0 Å². The molecular formula is C12H9FN. The van der Waals surface area contributed by atoms with E-state index in [0.717, 1.165) is 16.8 Å². The zero-order valence-electron chi connectivity index (χ0n) is 7.79. The van der Waals surface area contributed by atoms with Crippen LogP contribution in [0.1, 0.15) is 5.69 Å². The summed E-state index contributed by atoms with van der Waals surface area (Å²) in [5.41, 5.74) is 2.62. The molecule has 0 N–H and O–H groups in total. The van der Waals surface area contributed by atoms with Crippen molar-refractivity contribution in [2.75, 3.05) is 0 Å². The first kappa shape index (κ1) is 8.88.